The summed E-state index contributed by atoms with van der Waals surface area (Å²) in [6.07, 6.45) is -0.229. The van der Waals surface area contributed by atoms with Gasteiger partial charge >= 0.3 is 5.97 Å². The molecule has 0 fully saturated rings. The molecule has 0 saturated carbocycles. The van der Waals surface area contributed by atoms with Crippen molar-refractivity contribution in [2.24, 2.45) is 0 Å². The molecular weight excluding hydrogens is 332 g/mol. The number of carbonyl (C=O) groups is 3. The molecule has 0 aliphatic heterocycles. The van der Waals surface area contributed by atoms with E-state index in [0.29, 0.717) is 11.1 Å². The summed E-state index contributed by atoms with van der Waals surface area (Å²) in [4.78, 5) is 37.4. The van der Waals surface area contributed by atoms with Gasteiger partial charge in [-0.05, 0) is 36.2 Å². The Morgan fingerprint density at radius 1 is 1.04 bits per heavy atom. The zero-order valence-corrected chi connectivity index (χ0v) is 15.0. The smallest absolute Gasteiger partial charge is 0.305 e. The van der Waals surface area contributed by atoms with Gasteiger partial charge in [0.25, 0.3) is 11.8 Å². The number of aliphatic carboxylic acids is 1. The van der Waals surface area contributed by atoms with E-state index < -0.39 is 17.9 Å². The van der Waals surface area contributed by atoms with Crippen LogP contribution in [0.4, 0.5) is 0 Å². The van der Waals surface area contributed by atoms with E-state index >= 15 is 0 Å². The maximum absolute atomic E-state index is 12.6. The molecule has 2 aromatic rings. The fourth-order valence-electron chi connectivity index (χ4n) is 2.68. The molecule has 1 atom stereocenters. The summed E-state index contributed by atoms with van der Waals surface area (Å²) in [5.41, 5.74) is 2.36. The van der Waals surface area contributed by atoms with Gasteiger partial charge in [-0.3, -0.25) is 14.4 Å². The summed E-state index contributed by atoms with van der Waals surface area (Å²) >= 11 is 0. The van der Waals surface area contributed by atoms with E-state index in [1.165, 1.54) is 11.0 Å². The Morgan fingerprint density at radius 3 is 2.31 bits per heavy atom. The monoisotopic (exact) mass is 354 g/mol. The largest absolute Gasteiger partial charge is 0.481 e. The molecular formula is C20H22N2O4. The first-order chi connectivity index (χ1) is 12.3. The van der Waals surface area contributed by atoms with Gasteiger partial charge in [-0.2, -0.15) is 0 Å². The highest BCUT2D eigenvalue weighted by Gasteiger charge is 2.21. The first-order valence-corrected chi connectivity index (χ1v) is 8.19. The van der Waals surface area contributed by atoms with Crippen LogP contribution in [0.15, 0.2) is 48.5 Å². The third-order valence-corrected chi connectivity index (χ3v) is 4.03. The van der Waals surface area contributed by atoms with E-state index in [2.05, 4.69) is 5.32 Å². The standard InChI is InChI=1S/C20H22N2O4/c1-13-7-4-5-10-16(13)17(12-18(23)24)21-19(25)14-8-6-9-15(11-14)20(26)22(2)3/h4-11,17H,12H2,1-3H3,(H,21,25)(H,23,24). The predicted octanol–water partition coefficient (Wildman–Crippen LogP) is 2.64. The Kier molecular flexibility index (Phi) is 6.11. The molecule has 6 heteroatoms. The summed E-state index contributed by atoms with van der Waals surface area (Å²) in [5.74, 6) is -1.64. The average molecular weight is 354 g/mol. The summed E-state index contributed by atoms with van der Waals surface area (Å²) in [7, 11) is 3.27. The van der Waals surface area contributed by atoms with Gasteiger partial charge in [-0.15, -0.1) is 0 Å². The van der Waals surface area contributed by atoms with Gasteiger partial charge in [0.15, 0.2) is 0 Å². The number of nitrogens with one attached hydrogen (secondary N) is 1. The number of carboxylic acid groups (broad SMARTS) is 1. The number of carbonyl (C=O) groups excluding carboxylic acids is 2. The van der Waals surface area contributed by atoms with E-state index in [1.54, 1.807) is 44.4 Å². The maximum atomic E-state index is 12.6. The van der Waals surface area contributed by atoms with E-state index in [-0.39, 0.29) is 12.3 Å². The molecule has 2 rings (SSSR count). The number of rotatable bonds is 6. The van der Waals surface area contributed by atoms with E-state index in [0.717, 1.165) is 11.1 Å². The maximum Gasteiger partial charge on any atom is 0.305 e. The molecule has 0 aliphatic rings. The van der Waals surface area contributed by atoms with Gasteiger partial charge in [-0.25, -0.2) is 0 Å². The van der Waals surface area contributed by atoms with Crippen LogP contribution in [0.3, 0.4) is 0 Å². The van der Waals surface area contributed by atoms with Crippen LogP contribution < -0.4 is 5.32 Å². The lowest BCUT2D eigenvalue weighted by Crippen LogP contribution is -2.31. The summed E-state index contributed by atoms with van der Waals surface area (Å²) in [6.45, 7) is 1.87. The molecule has 0 aromatic heterocycles. The second kappa shape index (κ2) is 8.29. The highest BCUT2D eigenvalue weighted by molar-refractivity contribution is 5.99. The lowest BCUT2D eigenvalue weighted by Gasteiger charge is -2.20. The first kappa shape index (κ1) is 19.2. The van der Waals surface area contributed by atoms with Crippen LogP contribution in [0.1, 0.15) is 44.3 Å². The van der Waals surface area contributed by atoms with Crippen molar-refractivity contribution in [2.45, 2.75) is 19.4 Å². The molecule has 0 heterocycles. The molecule has 0 bridgehead atoms. The van der Waals surface area contributed by atoms with Crippen LogP contribution in [0, 0.1) is 6.92 Å². The number of nitrogens with zero attached hydrogens (tertiary/aromatic N) is 1. The van der Waals surface area contributed by atoms with Crippen LogP contribution in [-0.2, 0) is 4.79 Å². The molecule has 0 aliphatic carbocycles. The highest BCUT2D eigenvalue weighted by atomic mass is 16.4. The van der Waals surface area contributed by atoms with Gasteiger partial charge in [-0.1, -0.05) is 30.3 Å². The molecule has 1 unspecified atom stereocenters. The molecule has 2 N–H and O–H groups in total. The Hall–Kier alpha value is -3.15. The molecule has 0 saturated heterocycles. The molecule has 2 aromatic carbocycles. The number of carboxylic acids is 1. The number of amides is 2. The first-order valence-electron chi connectivity index (χ1n) is 8.19. The highest BCUT2D eigenvalue weighted by Crippen LogP contribution is 2.21. The molecule has 0 radical (unpaired) electrons. The molecule has 0 spiro atoms. The van der Waals surface area contributed by atoms with Gasteiger partial charge < -0.3 is 15.3 Å². The fourth-order valence-corrected chi connectivity index (χ4v) is 2.68. The van der Waals surface area contributed by atoms with Crippen LogP contribution in [0.5, 0.6) is 0 Å². The SMILES string of the molecule is Cc1ccccc1C(CC(=O)O)NC(=O)c1cccc(C(=O)N(C)C)c1. The molecule has 6 nitrogen and oxygen atoms in total. The van der Waals surface area contributed by atoms with Crippen molar-refractivity contribution in [1.29, 1.82) is 0 Å². The Morgan fingerprint density at radius 2 is 1.69 bits per heavy atom. The van der Waals surface area contributed by atoms with Crippen LogP contribution in [0.25, 0.3) is 0 Å². The van der Waals surface area contributed by atoms with Crippen molar-refractivity contribution in [3.8, 4) is 0 Å². The van der Waals surface area contributed by atoms with Gasteiger partial charge in [0.2, 0.25) is 0 Å². The summed E-state index contributed by atoms with van der Waals surface area (Å²) < 4.78 is 0. The Bertz CT molecular complexity index is 830. The second-order valence-electron chi connectivity index (χ2n) is 6.26. The predicted molar refractivity (Wildman–Crippen MR) is 98.1 cm³/mol. The van der Waals surface area contributed by atoms with E-state index in [4.69, 9.17) is 0 Å². The fraction of sp³-hybridized carbons (Fsp3) is 0.250. The Labute approximate surface area is 152 Å². The zero-order valence-electron chi connectivity index (χ0n) is 15.0. The summed E-state index contributed by atoms with van der Waals surface area (Å²) in [5, 5.41) is 12.0. The van der Waals surface area contributed by atoms with Crippen LogP contribution >= 0.6 is 0 Å². The third kappa shape index (κ3) is 4.69. The van der Waals surface area contributed by atoms with Crippen molar-refractivity contribution in [3.05, 3.63) is 70.8 Å². The van der Waals surface area contributed by atoms with Gasteiger partial charge in [0.1, 0.15) is 0 Å². The molecule has 26 heavy (non-hydrogen) atoms. The van der Waals surface area contributed by atoms with E-state index in [1.807, 2.05) is 19.1 Å². The van der Waals surface area contributed by atoms with Crippen molar-refractivity contribution in [1.82, 2.24) is 10.2 Å². The molecule has 2 amide bonds. The van der Waals surface area contributed by atoms with E-state index in [9.17, 15) is 19.5 Å². The minimum atomic E-state index is -1.00. The lowest BCUT2D eigenvalue weighted by atomic mass is 9.98. The topological polar surface area (TPSA) is 86.7 Å². The van der Waals surface area contributed by atoms with Crippen LogP contribution in [-0.4, -0.2) is 41.9 Å². The minimum Gasteiger partial charge on any atom is -0.481 e. The van der Waals surface area contributed by atoms with Crippen molar-refractivity contribution in [2.75, 3.05) is 14.1 Å². The van der Waals surface area contributed by atoms with Crippen molar-refractivity contribution in [3.63, 3.8) is 0 Å². The number of hydrogen-bond donors (Lipinski definition) is 2. The minimum absolute atomic E-state index is 0.208. The molecule has 136 valence electrons. The quantitative estimate of drug-likeness (QED) is 0.835. The van der Waals surface area contributed by atoms with Crippen molar-refractivity contribution >= 4 is 17.8 Å². The second-order valence-corrected chi connectivity index (χ2v) is 6.26. The summed E-state index contributed by atoms with van der Waals surface area (Å²) in [6, 6.07) is 13.0. The average Bonchev–Trinajstić information content (AvgIpc) is 2.60. The number of benzene rings is 2. The normalized spacial score (nSPS) is 11.5. The number of hydrogen-bond acceptors (Lipinski definition) is 3. The third-order valence-electron chi connectivity index (χ3n) is 4.03. The van der Waals surface area contributed by atoms with Gasteiger partial charge in [0.05, 0.1) is 12.5 Å². The number of aryl methyl sites for hydroxylation is 1. The van der Waals surface area contributed by atoms with Crippen molar-refractivity contribution < 1.29 is 19.5 Å². The Balaban J connectivity index is 2.27. The van der Waals surface area contributed by atoms with Crippen LogP contribution in [0.2, 0.25) is 0 Å². The zero-order chi connectivity index (χ0) is 19.3. The lowest BCUT2D eigenvalue weighted by molar-refractivity contribution is -0.137. The van der Waals surface area contributed by atoms with Gasteiger partial charge in [0, 0.05) is 25.2 Å².